The maximum absolute atomic E-state index is 13.5. The Bertz CT molecular complexity index is 748. The van der Waals surface area contributed by atoms with E-state index < -0.39 is 15.8 Å². The van der Waals surface area contributed by atoms with E-state index >= 15 is 0 Å². The predicted molar refractivity (Wildman–Crippen MR) is 88.8 cm³/mol. The van der Waals surface area contributed by atoms with Crippen molar-refractivity contribution in [2.24, 2.45) is 0 Å². The molecule has 2 aromatic rings. The first-order chi connectivity index (χ1) is 9.29. The number of halogens is 3. The monoisotopic (exact) mass is 469 g/mol. The van der Waals surface area contributed by atoms with Crippen LogP contribution in [0, 0.1) is 16.3 Å². The summed E-state index contributed by atoms with van der Waals surface area (Å²) >= 11 is 5.00. The maximum atomic E-state index is 13.5. The molecular formula is C13H10BrFINO2S. The number of nitrogens with one attached hydrogen (secondary N) is 1. The second-order valence-electron chi connectivity index (χ2n) is 4.16. The summed E-state index contributed by atoms with van der Waals surface area (Å²) in [6.07, 6.45) is 0. The van der Waals surface area contributed by atoms with E-state index in [1.807, 2.05) is 29.5 Å². The molecule has 0 heterocycles. The van der Waals surface area contributed by atoms with Gasteiger partial charge in [-0.25, -0.2) is 12.8 Å². The molecule has 0 fully saturated rings. The van der Waals surface area contributed by atoms with Gasteiger partial charge < -0.3 is 0 Å². The van der Waals surface area contributed by atoms with E-state index in [0.29, 0.717) is 8.04 Å². The van der Waals surface area contributed by atoms with Crippen LogP contribution in [0.3, 0.4) is 0 Å². The van der Waals surface area contributed by atoms with Gasteiger partial charge in [0.05, 0.1) is 15.1 Å². The summed E-state index contributed by atoms with van der Waals surface area (Å²) in [5.41, 5.74) is 1.18. The normalized spacial score (nSPS) is 11.4. The molecule has 106 valence electrons. The Morgan fingerprint density at radius 2 is 1.80 bits per heavy atom. The highest BCUT2D eigenvalue weighted by molar-refractivity contribution is 14.1. The highest BCUT2D eigenvalue weighted by Gasteiger charge is 2.16. The van der Waals surface area contributed by atoms with Gasteiger partial charge in [0.2, 0.25) is 0 Å². The zero-order valence-electron chi connectivity index (χ0n) is 10.3. The molecule has 0 saturated carbocycles. The molecule has 0 atom stereocenters. The Labute approximate surface area is 138 Å². The summed E-state index contributed by atoms with van der Waals surface area (Å²) in [6.45, 7) is 1.87. The van der Waals surface area contributed by atoms with Gasteiger partial charge in [-0.05, 0) is 63.6 Å². The summed E-state index contributed by atoms with van der Waals surface area (Å²) in [6, 6.07) is 9.11. The van der Waals surface area contributed by atoms with Crippen LogP contribution in [0.4, 0.5) is 10.1 Å². The van der Waals surface area contributed by atoms with Crippen LogP contribution in [-0.2, 0) is 10.0 Å². The van der Waals surface area contributed by atoms with Crippen molar-refractivity contribution >= 4 is 54.2 Å². The van der Waals surface area contributed by atoms with Crippen LogP contribution in [0.2, 0.25) is 0 Å². The lowest BCUT2D eigenvalue weighted by molar-refractivity contribution is 0.601. The molecule has 0 saturated heterocycles. The fourth-order valence-corrected chi connectivity index (χ4v) is 4.15. The van der Waals surface area contributed by atoms with Gasteiger partial charge in [0.15, 0.2) is 0 Å². The van der Waals surface area contributed by atoms with Crippen LogP contribution in [0.25, 0.3) is 0 Å². The molecule has 0 aromatic heterocycles. The fourth-order valence-electron chi connectivity index (χ4n) is 1.52. The number of benzene rings is 2. The average molecular weight is 470 g/mol. The maximum Gasteiger partial charge on any atom is 0.261 e. The fraction of sp³-hybridized carbons (Fsp3) is 0.0769. The summed E-state index contributed by atoms with van der Waals surface area (Å²) in [4.78, 5) is 0.141. The lowest BCUT2D eigenvalue weighted by atomic mass is 10.2. The van der Waals surface area contributed by atoms with Gasteiger partial charge in [0.1, 0.15) is 5.82 Å². The number of aryl methyl sites for hydroxylation is 1. The first kappa shape index (κ1) is 15.7. The van der Waals surface area contributed by atoms with E-state index in [0.717, 1.165) is 11.6 Å². The first-order valence-electron chi connectivity index (χ1n) is 5.53. The Balaban J connectivity index is 2.38. The molecule has 0 aliphatic carbocycles. The van der Waals surface area contributed by atoms with Crippen molar-refractivity contribution in [2.45, 2.75) is 11.8 Å². The third kappa shape index (κ3) is 3.50. The summed E-state index contributed by atoms with van der Waals surface area (Å²) in [7, 11) is -3.72. The zero-order valence-corrected chi connectivity index (χ0v) is 14.9. The SMILES string of the molecule is Cc1ccc(S(=O)(=O)Nc2cc(F)c(Br)cc2I)cc1. The Hall–Kier alpha value is -0.670. The molecule has 20 heavy (non-hydrogen) atoms. The van der Waals surface area contributed by atoms with Crippen molar-refractivity contribution in [1.82, 2.24) is 0 Å². The largest absolute Gasteiger partial charge is 0.278 e. The Morgan fingerprint density at radius 1 is 1.20 bits per heavy atom. The number of rotatable bonds is 3. The van der Waals surface area contributed by atoms with Crippen molar-refractivity contribution in [3.8, 4) is 0 Å². The molecule has 0 unspecified atom stereocenters. The van der Waals surface area contributed by atoms with E-state index in [-0.39, 0.29) is 10.6 Å². The topological polar surface area (TPSA) is 46.2 Å². The second-order valence-corrected chi connectivity index (χ2v) is 7.86. The van der Waals surface area contributed by atoms with Gasteiger partial charge in [-0.3, -0.25) is 4.72 Å². The third-order valence-electron chi connectivity index (χ3n) is 2.59. The lowest BCUT2D eigenvalue weighted by Gasteiger charge is -2.11. The van der Waals surface area contributed by atoms with Crippen LogP contribution in [0.15, 0.2) is 45.8 Å². The molecule has 0 aliphatic rings. The Morgan fingerprint density at radius 3 is 2.40 bits per heavy atom. The minimum Gasteiger partial charge on any atom is -0.278 e. The second kappa shape index (κ2) is 5.98. The first-order valence-corrected chi connectivity index (χ1v) is 8.89. The van der Waals surface area contributed by atoms with Gasteiger partial charge >= 0.3 is 0 Å². The van der Waals surface area contributed by atoms with Gasteiger partial charge in [0.25, 0.3) is 10.0 Å². The summed E-state index contributed by atoms with van der Waals surface area (Å²) in [5, 5.41) is 0. The number of hydrogen-bond acceptors (Lipinski definition) is 2. The number of hydrogen-bond donors (Lipinski definition) is 1. The minimum absolute atomic E-state index is 0.141. The van der Waals surface area contributed by atoms with Crippen LogP contribution in [-0.4, -0.2) is 8.42 Å². The van der Waals surface area contributed by atoms with Crippen molar-refractivity contribution in [3.05, 3.63) is 55.8 Å². The molecule has 0 bridgehead atoms. The average Bonchev–Trinajstić information content (AvgIpc) is 2.36. The highest BCUT2D eigenvalue weighted by atomic mass is 127. The summed E-state index contributed by atoms with van der Waals surface area (Å²) < 4.78 is 41.2. The van der Waals surface area contributed by atoms with Gasteiger partial charge in [0, 0.05) is 9.64 Å². The van der Waals surface area contributed by atoms with Crippen molar-refractivity contribution in [3.63, 3.8) is 0 Å². The minimum atomic E-state index is -3.72. The molecule has 3 nitrogen and oxygen atoms in total. The lowest BCUT2D eigenvalue weighted by Crippen LogP contribution is -2.14. The molecule has 2 aromatic carbocycles. The van der Waals surface area contributed by atoms with E-state index in [2.05, 4.69) is 20.7 Å². The molecule has 1 N–H and O–H groups in total. The molecular weight excluding hydrogens is 460 g/mol. The number of sulfonamides is 1. The van der Waals surface area contributed by atoms with E-state index in [9.17, 15) is 12.8 Å². The molecule has 0 spiro atoms. The zero-order chi connectivity index (χ0) is 14.9. The smallest absolute Gasteiger partial charge is 0.261 e. The molecule has 0 aliphatic heterocycles. The van der Waals surface area contributed by atoms with Crippen LogP contribution < -0.4 is 4.72 Å². The molecule has 0 amide bonds. The number of anilines is 1. The van der Waals surface area contributed by atoms with Gasteiger partial charge in [-0.1, -0.05) is 17.7 Å². The van der Waals surface area contributed by atoms with Gasteiger partial charge in [-0.2, -0.15) is 0 Å². The van der Waals surface area contributed by atoms with Crippen molar-refractivity contribution in [1.29, 1.82) is 0 Å². The van der Waals surface area contributed by atoms with E-state index in [1.54, 1.807) is 12.1 Å². The van der Waals surface area contributed by atoms with E-state index in [1.165, 1.54) is 18.2 Å². The van der Waals surface area contributed by atoms with Crippen LogP contribution in [0.1, 0.15) is 5.56 Å². The molecule has 7 heteroatoms. The van der Waals surface area contributed by atoms with Crippen LogP contribution in [0.5, 0.6) is 0 Å². The Kier molecular flexibility index (Phi) is 4.70. The predicted octanol–water partition coefficient (Wildman–Crippen LogP) is 4.30. The van der Waals surface area contributed by atoms with Crippen LogP contribution >= 0.6 is 38.5 Å². The van der Waals surface area contributed by atoms with Crippen molar-refractivity contribution in [2.75, 3.05) is 4.72 Å². The van der Waals surface area contributed by atoms with Gasteiger partial charge in [-0.15, -0.1) is 0 Å². The molecule has 2 rings (SSSR count). The summed E-state index contributed by atoms with van der Waals surface area (Å²) in [5.74, 6) is -0.521. The quantitative estimate of drug-likeness (QED) is 0.538. The molecule has 0 radical (unpaired) electrons. The van der Waals surface area contributed by atoms with Crippen molar-refractivity contribution < 1.29 is 12.8 Å². The standard InChI is InChI=1S/C13H10BrFINO2S/c1-8-2-4-9(5-3-8)20(18,19)17-13-7-11(15)10(14)6-12(13)16/h2-7,17H,1H3. The third-order valence-corrected chi connectivity index (χ3v) is 5.47. The van der Waals surface area contributed by atoms with E-state index in [4.69, 9.17) is 0 Å². The highest BCUT2D eigenvalue weighted by Crippen LogP contribution is 2.27.